The van der Waals surface area contributed by atoms with E-state index in [4.69, 9.17) is 0 Å². The molecule has 1 saturated carbocycles. The third kappa shape index (κ3) is 2.38. The molecule has 1 heterocycles. The van der Waals surface area contributed by atoms with Crippen LogP contribution in [0, 0.1) is 11.3 Å². The van der Waals surface area contributed by atoms with E-state index in [2.05, 4.69) is 24.5 Å². The van der Waals surface area contributed by atoms with Gasteiger partial charge in [-0.2, -0.15) is 0 Å². The van der Waals surface area contributed by atoms with E-state index in [1.54, 1.807) is 0 Å². The van der Waals surface area contributed by atoms with Gasteiger partial charge in [-0.25, -0.2) is 0 Å². The van der Waals surface area contributed by atoms with Crippen LogP contribution in [0.2, 0.25) is 0 Å². The molecule has 0 bridgehead atoms. The molecular weight excluding hydrogens is 204 g/mol. The van der Waals surface area contributed by atoms with Gasteiger partial charge in [-0.3, -0.25) is 4.79 Å². The fourth-order valence-corrected chi connectivity index (χ4v) is 2.42. The van der Waals surface area contributed by atoms with Crippen molar-refractivity contribution in [2.75, 3.05) is 13.1 Å². The first-order valence-corrected chi connectivity index (χ1v) is 6.23. The Morgan fingerprint density at radius 2 is 2.25 bits per heavy atom. The Bertz CT molecular complexity index is 274. The molecule has 2 unspecified atom stereocenters. The van der Waals surface area contributed by atoms with Crippen molar-refractivity contribution in [3.05, 3.63) is 0 Å². The summed E-state index contributed by atoms with van der Waals surface area (Å²) in [6, 6.07) is -0.196. The Morgan fingerprint density at radius 3 is 2.69 bits per heavy atom. The summed E-state index contributed by atoms with van der Waals surface area (Å²) in [7, 11) is 0. The summed E-state index contributed by atoms with van der Waals surface area (Å²) >= 11 is 0. The van der Waals surface area contributed by atoms with Crippen molar-refractivity contribution in [2.45, 2.75) is 45.3 Å². The molecule has 2 rings (SSSR count). The second-order valence-corrected chi connectivity index (χ2v) is 5.59. The normalized spacial score (nSPS) is 31.8. The van der Waals surface area contributed by atoms with E-state index in [-0.39, 0.29) is 18.1 Å². The van der Waals surface area contributed by atoms with Gasteiger partial charge in [-0.15, -0.1) is 0 Å². The molecule has 2 fully saturated rings. The zero-order valence-corrected chi connectivity index (χ0v) is 10.1. The van der Waals surface area contributed by atoms with E-state index < -0.39 is 0 Å². The number of amides is 1. The van der Waals surface area contributed by atoms with Crippen molar-refractivity contribution in [3.63, 3.8) is 0 Å². The maximum Gasteiger partial charge on any atom is 0.237 e. The highest BCUT2D eigenvalue weighted by Crippen LogP contribution is 2.51. The number of aliphatic hydroxyl groups excluding tert-OH is 1. The fraction of sp³-hybridized carbons (Fsp3) is 0.917. The van der Waals surface area contributed by atoms with Crippen LogP contribution in [0.5, 0.6) is 0 Å². The minimum Gasteiger partial charge on any atom is -0.392 e. The minimum atomic E-state index is -0.365. The molecule has 16 heavy (non-hydrogen) atoms. The Labute approximate surface area is 96.8 Å². The van der Waals surface area contributed by atoms with E-state index in [1.165, 1.54) is 12.8 Å². The Kier molecular flexibility index (Phi) is 3.22. The van der Waals surface area contributed by atoms with Crippen LogP contribution >= 0.6 is 0 Å². The third-order valence-electron chi connectivity index (χ3n) is 4.16. The van der Waals surface area contributed by atoms with Crippen molar-refractivity contribution >= 4 is 5.91 Å². The standard InChI is InChI=1S/C12H22N2O2/c1-8(2)12(3-4-12)7-14-11(16)10-5-9(15)6-13-10/h8-10,13,15H,3-7H2,1-2H3,(H,14,16). The van der Waals surface area contributed by atoms with Gasteiger partial charge in [0.2, 0.25) is 5.91 Å². The highest BCUT2D eigenvalue weighted by atomic mass is 16.3. The van der Waals surface area contributed by atoms with E-state index in [0.29, 0.717) is 24.3 Å². The van der Waals surface area contributed by atoms with Gasteiger partial charge in [-0.05, 0) is 30.6 Å². The van der Waals surface area contributed by atoms with E-state index in [9.17, 15) is 9.90 Å². The molecule has 3 N–H and O–H groups in total. The first-order valence-electron chi connectivity index (χ1n) is 6.23. The Hall–Kier alpha value is -0.610. The quantitative estimate of drug-likeness (QED) is 0.644. The topological polar surface area (TPSA) is 61.4 Å². The van der Waals surface area contributed by atoms with Gasteiger partial charge in [0.1, 0.15) is 0 Å². The number of nitrogens with one attached hydrogen (secondary N) is 2. The monoisotopic (exact) mass is 226 g/mol. The molecule has 4 nitrogen and oxygen atoms in total. The van der Waals surface area contributed by atoms with Gasteiger partial charge in [0, 0.05) is 13.1 Å². The summed E-state index contributed by atoms with van der Waals surface area (Å²) < 4.78 is 0. The summed E-state index contributed by atoms with van der Waals surface area (Å²) in [6.45, 7) is 5.76. The molecule has 1 aliphatic carbocycles. The van der Waals surface area contributed by atoms with Crippen molar-refractivity contribution < 1.29 is 9.90 Å². The summed E-state index contributed by atoms with van der Waals surface area (Å²) in [5, 5.41) is 15.4. The Balaban J connectivity index is 1.76. The maximum atomic E-state index is 11.8. The largest absolute Gasteiger partial charge is 0.392 e. The van der Waals surface area contributed by atoms with Gasteiger partial charge in [0.25, 0.3) is 0 Å². The first kappa shape index (κ1) is 11.9. The minimum absolute atomic E-state index is 0.0449. The fourth-order valence-electron chi connectivity index (χ4n) is 2.42. The predicted molar refractivity (Wildman–Crippen MR) is 61.9 cm³/mol. The number of rotatable bonds is 4. The van der Waals surface area contributed by atoms with Gasteiger partial charge in [-0.1, -0.05) is 13.8 Å². The molecule has 2 atom stereocenters. The zero-order chi connectivity index (χ0) is 11.8. The molecule has 92 valence electrons. The van der Waals surface area contributed by atoms with Crippen molar-refractivity contribution in [3.8, 4) is 0 Å². The van der Waals surface area contributed by atoms with Crippen LogP contribution in [-0.4, -0.2) is 36.2 Å². The predicted octanol–water partition coefficient (Wildman–Crippen LogP) is 0.262. The lowest BCUT2D eigenvalue weighted by Crippen LogP contribution is -2.43. The number of hydrogen-bond donors (Lipinski definition) is 3. The number of hydrogen-bond acceptors (Lipinski definition) is 3. The first-order chi connectivity index (χ1) is 7.53. The summed E-state index contributed by atoms with van der Waals surface area (Å²) in [5.41, 5.74) is 0.354. The number of carbonyl (C=O) groups is 1. The number of β-amino-alcohol motifs (C(OH)–C–C–N with tert-alkyl or cyclic N) is 1. The summed E-state index contributed by atoms with van der Waals surface area (Å²) in [6.07, 6.45) is 2.63. The van der Waals surface area contributed by atoms with E-state index >= 15 is 0 Å². The SMILES string of the molecule is CC(C)C1(CNC(=O)C2CC(O)CN2)CC1. The molecule has 4 heteroatoms. The molecular formula is C12H22N2O2. The molecule has 2 aliphatic rings. The maximum absolute atomic E-state index is 11.8. The molecule has 1 aliphatic heterocycles. The molecule has 1 amide bonds. The average Bonchev–Trinajstić information content (AvgIpc) is 2.92. The molecule has 0 radical (unpaired) electrons. The second kappa shape index (κ2) is 4.34. The highest BCUT2D eigenvalue weighted by Gasteiger charge is 2.45. The molecule has 0 aromatic carbocycles. The summed E-state index contributed by atoms with van der Waals surface area (Å²) in [5.74, 6) is 0.679. The lowest BCUT2D eigenvalue weighted by Gasteiger charge is -2.21. The van der Waals surface area contributed by atoms with Crippen LogP contribution in [-0.2, 0) is 4.79 Å². The van der Waals surface area contributed by atoms with Gasteiger partial charge in [0.15, 0.2) is 0 Å². The molecule has 0 spiro atoms. The average molecular weight is 226 g/mol. The smallest absolute Gasteiger partial charge is 0.237 e. The van der Waals surface area contributed by atoms with E-state index in [0.717, 1.165) is 6.54 Å². The third-order valence-corrected chi connectivity index (χ3v) is 4.16. The molecule has 0 aromatic rings. The van der Waals surface area contributed by atoms with Crippen LogP contribution < -0.4 is 10.6 Å². The molecule has 1 saturated heterocycles. The Morgan fingerprint density at radius 1 is 1.56 bits per heavy atom. The zero-order valence-electron chi connectivity index (χ0n) is 10.1. The highest BCUT2D eigenvalue weighted by molar-refractivity contribution is 5.82. The van der Waals surface area contributed by atoms with Crippen LogP contribution in [0.15, 0.2) is 0 Å². The second-order valence-electron chi connectivity index (χ2n) is 5.59. The lowest BCUT2D eigenvalue weighted by molar-refractivity contribution is -0.123. The lowest BCUT2D eigenvalue weighted by atomic mass is 9.92. The van der Waals surface area contributed by atoms with Crippen LogP contribution in [0.3, 0.4) is 0 Å². The molecule has 0 aromatic heterocycles. The van der Waals surface area contributed by atoms with Gasteiger partial charge < -0.3 is 15.7 Å². The summed E-state index contributed by atoms with van der Waals surface area (Å²) in [4.78, 5) is 11.8. The number of carbonyl (C=O) groups excluding carboxylic acids is 1. The van der Waals surface area contributed by atoms with Crippen molar-refractivity contribution in [1.29, 1.82) is 0 Å². The van der Waals surface area contributed by atoms with E-state index in [1.807, 2.05) is 0 Å². The van der Waals surface area contributed by atoms with Crippen molar-refractivity contribution in [1.82, 2.24) is 10.6 Å². The van der Waals surface area contributed by atoms with Gasteiger partial charge in [0.05, 0.1) is 12.1 Å². The van der Waals surface area contributed by atoms with Crippen LogP contribution in [0.25, 0.3) is 0 Å². The van der Waals surface area contributed by atoms with Crippen molar-refractivity contribution in [2.24, 2.45) is 11.3 Å². The number of aliphatic hydroxyl groups is 1. The van der Waals surface area contributed by atoms with Crippen LogP contribution in [0.4, 0.5) is 0 Å². The van der Waals surface area contributed by atoms with Crippen LogP contribution in [0.1, 0.15) is 33.1 Å². The van der Waals surface area contributed by atoms with Gasteiger partial charge >= 0.3 is 0 Å².